The Labute approximate surface area is 127 Å². The lowest BCUT2D eigenvalue weighted by Gasteiger charge is -2.22. The van der Waals surface area contributed by atoms with Gasteiger partial charge in [0.2, 0.25) is 0 Å². The Bertz CT molecular complexity index is 583. The van der Waals surface area contributed by atoms with Gasteiger partial charge in [0.25, 0.3) is 0 Å². The van der Waals surface area contributed by atoms with Crippen LogP contribution in [0.5, 0.6) is 0 Å². The zero-order valence-corrected chi connectivity index (χ0v) is 13.2. The van der Waals surface area contributed by atoms with Gasteiger partial charge < -0.3 is 14.6 Å². The third-order valence-corrected chi connectivity index (χ3v) is 4.52. The number of rotatable bonds is 6. The Morgan fingerprint density at radius 2 is 2.14 bits per heavy atom. The summed E-state index contributed by atoms with van der Waals surface area (Å²) in [6.07, 6.45) is 7.66. The largest absolute Gasteiger partial charge is 0.358 e. The molecule has 0 aliphatic heterocycles. The second-order valence-corrected chi connectivity index (χ2v) is 6.12. The summed E-state index contributed by atoms with van der Waals surface area (Å²) >= 11 is 0. The van der Waals surface area contributed by atoms with Crippen LogP contribution in [0, 0.1) is 5.92 Å². The topological polar surface area (TPSA) is 32.6 Å². The van der Waals surface area contributed by atoms with Gasteiger partial charge in [-0.25, -0.2) is 4.98 Å². The summed E-state index contributed by atoms with van der Waals surface area (Å²) in [6, 6.07) is 6.22. The highest BCUT2D eigenvalue weighted by atomic mass is 15.2. The number of pyridine rings is 1. The van der Waals surface area contributed by atoms with Crippen LogP contribution in [-0.2, 0) is 6.54 Å². The quantitative estimate of drug-likeness (QED) is 0.886. The van der Waals surface area contributed by atoms with Crippen LogP contribution in [-0.4, -0.2) is 29.5 Å². The Kier molecular flexibility index (Phi) is 4.44. The van der Waals surface area contributed by atoms with Crippen molar-refractivity contribution in [2.45, 2.75) is 39.2 Å². The van der Waals surface area contributed by atoms with E-state index in [-0.39, 0.29) is 0 Å². The molecule has 1 fully saturated rings. The van der Waals surface area contributed by atoms with Crippen molar-refractivity contribution in [2.24, 2.45) is 5.92 Å². The molecule has 21 heavy (non-hydrogen) atoms. The first-order valence-corrected chi connectivity index (χ1v) is 8.17. The molecule has 0 atom stereocenters. The smallest absolute Gasteiger partial charge is 0.152 e. The predicted octanol–water partition coefficient (Wildman–Crippen LogP) is 3.07. The lowest BCUT2D eigenvalue weighted by atomic mass is 10.1. The van der Waals surface area contributed by atoms with Crippen molar-refractivity contribution in [1.82, 2.24) is 14.7 Å². The molecule has 0 amide bonds. The van der Waals surface area contributed by atoms with Crippen LogP contribution in [0.1, 0.15) is 38.3 Å². The third-order valence-electron chi connectivity index (χ3n) is 4.52. The van der Waals surface area contributed by atoms with E-state index in [0.29, 0.717) is 0 Å². The second kappa shape index (κ2) is 6.48. The highest BCUT2D eigenvalue weighted by Gasteiger charge is 2.20. The summed E-state index contributed by atoms with van der Waals surface area (Å²) in [5.41, 5.74) is 2.31. The fourth-order valence-corrected chi connectivity index (χ4v) is 3.41. The van der Waals surface area contributed by atoms with Crippen molar-refractivity contribution >= 4 is 11.5 Å². The van der Waals surface area contributed by atoms with Gasteiger partial charge in [0.15, 0.2) is 5.82 Å². The van der Waals surface area contributed by atoms with E-state index in [4.69, 9.17) is 4.98 Å². The van der Waals surface area contributed by atoms with Crippen molar-refractivity contribution < 1.29 is 0 Å². The van der Waals surface area contributed by atoms with Gasteiger partial charge in [-0.1, -0.05) is 25.8 Å². The van der Waals surface area contributed by atoms with Crippen molar-refractivity contribution in [3.8, 4) is 0 Å². The molecule has 0 unspecified atom stereocenters. The van der Waals surface area contributed by atoms with Crippen molar-refractivity contribution in [3.63, 3.8) is 0 Å². The molecule has 0 spiro atoms. The number of nitrogens with one attached hydrogen (secondary N) is 1. The Morgan fingerprint density at radius 3 is 2.90 bits per heavy atom. The van der Waals surface area contributed by atoms with Gasteiger partial charge in [-0.2, -0.15) is 0 Å². The minimum absolute atomic E-state index is 0.840. The number of fused-ring (bicyclic) bond motifs is 1. The Hall–Kier alpha value is -1.55. The molecule has 0 radical (unpaired) electrons. The molecule has 114 valence electrons. The SMILES string of the molecule is CCNCc1c(N(C)CC2CCCC2)nc2ccccn12. The van der Waals surface area contributed by atoms with E-state index in [9.17, 15) is 0 Å². The van der Waals surface area contributed by atoms with Crippen molar-refractivity contribution in [2.75, 3.05) is 25.0 Å². The molecule has 2 aromatic rings. The van der Waals surface area contributed by atoms with E-state index in [0.717, 1.165) is 37.0 Å². The number of hydrogen-bond acceptors (Lipinski definition) is 3. The molecule has 2 heterocycles. The summed E-state index contributed by atoms with van der Waals surface area (Å²) in [6.45, 7) is 5.12. The molecule has 1 saturated carbocycles. The van der Waals surface area contributed by atoms with Crippen LogP contribution < -0.4 is 10.2 Å². The van der Waals surface area contributed by atoms with Crippen LogP contribution >= 0.6 is 0 Å². The molecular formula is C17H26N4. The first-order chi connectivity index (χ1) is 10.3. The first-order valence-electron chi connectivity index (χ1n) is 8.17. The number of imidazole rings is 1. The molecule has 1 aliphatic carbocycles. The normalized spacial score (nSPS) is 15.9. The van der Waals surface area contributed by atoms with E-state index < -0.39 is 0 Å². The number of anilines is 1. The van der Waals surface area contributed by atoms with Gasteiger partial charge in [0.1, 0.15) is 5.65 Å². The van der Waals surface area contributed by atoms with Gasteiger partial charge in [-0.15, -0.1) is 0 Å². The zero-order chi connectivity index (χ0) is 14.7. The van der Waals surface area contributed by atoms with Crippen LogP contribution in [0.25, 0.3) is 5.65 Å². The highest BCUT2D eigenvalue weighted by Crippen LogP contribution is 2.28. The van der Waals surface area contributed by atoms with E-state index >= 15 is 0 Å². The number of aromatic nitrogens is 2. The predicted molar refractivity (Wildman–Crippen MR) is 87.8 cm³/mol. The lowest BCUT2D eigenvalue weighted by Crippen LogP contribution is -2.26. The molecule has 4 heteroatoms. The maximum absolute atomic E-state index is 4.86. The number of hydrogen-bond donors (Lipinski definition) is 1. The lowest BCUT2D eigenvalue weighted by molar-refractivity contribution is 0.544. The van der Waals surface area contributed by atoms with Crippen LogP contribution in [0.2, 0.25) is 0 Å². The van der Waals surface area contributed by atoms with E-state index in [1.807, 2.05) is 0 Å². The van der Waals surface area contributed by atoms with E-state index in [2.05, 4.69) is 53.0 Å². The van der Waals surface area contributed by atoms with E-state index in [1.165, 1.54) is 31.4 Å². The minimum atomic E-state index is 0.840. The fraction of sp³-hybridized carbons (Fsp3) is 0.588. The van der Waals surface area contributed by atoms with E-state index in [1.54, 1.807) is 0 Å². The Balaban J connectivity index is 1.87. The summed E-state index contributed by atoms with van der Waals surface area (Å²) in [7, 11) is 2.19. The summed E-state index contributed by atoms with van der Waals surface area (Å²) < 4.78 is 2.21. The molecule has 1 aliphatic rings. The van der Waals surface area contributed by atoms with Crippen LogP contribution in [0.4, 0.5) is 5.82 Å². The van der Waals surface area contributed by atoms with Gasteiger partial charge in [-0.3, -0.25) is 0 Å². The Morgan fingerprint density at radius 1 is 1.33 bits per heavy atom. The standard InChI is InChI=1S/C17H26N4/c1-3-18-12-15-17(19-16-10-6-7-11-21(15)16)20(2)13-14-8-4-5-9-14/h6-7,10-11,14,18H,3-5,8-9,12-13H2,1-2H3. The highest BCUT2D eigenvalue weighted by molar-refractivity contribution is 5.55. The fourth-order valence-electron chi connectivity index (χ4n) is 3.41. The first kappa shape index (κ1) is 14.4. The van der Waals surface area contributed by atoms with Gasteiger partial charge in [0.05, 0.1) is 5.69 Å². The summed E-state index contributed by atoms with van der Waals surface area (Å²) in [5.74, 6) is 1.97. The summed E-state index contributed by atoms with van der Waals surface area (Å²) in [4.78, 5) is 7.21. The average molecular weight is 286 g/mol. The van der Waals surface area contributed by atoms with Gasteiger partial charge in [-0.05, 0) is 37.4 Å². The molecule has 1 N–H and O–H groups in total. The molecule has 3 rings (SSSR count). The van der Waals surface area contributed by atoms with Crippen LogP contribution in [0.3, 0.4) is 0 Å². The number of nitrogens with zero attached hydrogens (tertiary/aromatic N) is 3. The minimum Gasteiger partial charge on any atom is -0.358 e. The monoisotopic (exact) mass is 286 g/mol. The van der Waals surface area contributed by atoms with Crippen LogP contribution in [0.15, 0.2) is 24.4 Å². The molecule has 0 saturated heterocycles. The molecule has 0 bridgehead atoms. The van der Waals surface area contributed by atoms with Gasteiger partial charge in [0, 0.05) is 26.3 Å². The zero-order valence-electron chi connectivity index (χ0n) is 13.2. The summed E-state index contributed by atoms with van der Waals surface area (Å²) in [5, 5.41) is 3.44. The van der Waals surface area contributed by atoms with Crippen molar-refractivity contribution in [3.05, 3.63) is 30.1 Å². The van der Waals surface area contributed by atoms with Crippen molar-refractivity contribution in [1.29, 1.82) is 0 Å². The molecule has 0 aromatic carbocycles. The second-order valence-electron chi connectivity index (χ2n) is 6.12. The average Bonchev–Trinajstić information content (AvgIpc) is 3.12. The molecular weight excluding hydrogens is 260 g/mol. The molecule has 2 aromatic heterocycles. The molecule has 4 nitrogen and oxygen atoms in total. The maximum atomic E-state index is 4.86. The van der Waals surface area contributed by atoms with Gasteiger partial charge >= 0.3 is 0 Å². The third kappa shape index (κ3) is 3.05. The maximum Gasteiger partial charge on any atom is 0.152 e.